The fourth-order valence-corrected chi connectivity index (χ4v) is 3.73. The number of aromatic nitrogens is 2. The maximum Gasteiger partial charge on any atom is 0.251 e. The summed E-state index contributed by atoms with van der Waals surface area (Å²) >= 11 is 0. The van der Waals surface area contributed by atoms with Crippen LogP contribution in [0.5, 0.6) is 0 Å². The van der Waals surface area contributed by atoms with Gasteiger partial charge in [-0.3, -0.25) is 9.59 Å². The smallest absolute Gasteiger partial charge is 0.251 e. The van der Waals surface area contributed by atoms with E-state index in [0.29, 0.717) is 43.4 Å². The Hall–Kier alpha value is -3.44. The van der Waals surface area contributed by atoms with E-state index in [9.17, 15) is 9.59 Å². The van der Waals surface area contributed by atoms with Gasteiger partial charge in [0.05, 0.1) is 18.8 Å². The first-order valence-electron chi connectivity index (χ1n) is 15.1. The third-order valence-electron chi connectivity index (χ3n) is 6.35. The highest BCUT2D eigenvalue weighted by atomic mass is 16.5. The molecule has 2 N–H and O–H groups in total. The van der Waals surface area contributed by atoms with Gasteiger partial charge in [0, 0.05) is 50.4 Å². The zero-order valence-corrected chi connectivity index (χ0v) is 26.1. The fourth-order valence-electron chi connectivity index (χ4n) is 3.73. The number of benzene rings is 1. The Bertz CT molecular complexity index is 1040. The fraction of sp³-hybridized carbons (Fsp3) is 0.576. The van der Waals surface area contributed by atoms with Crippen LogP contribution in [0.1, 0.15) is 99.6 Å². The Balaban J connectivity index is 0.000000459. The zero-order valence-electron chi connectivity index (χ0n) is 26.1. The molecule has 2 saturated carbocycles. The summed E-state index contributed by atoms with van der Waals surface area (Å²) in [6.07, 6.45) is 12.1. The molecule has 0 unspecified atom stereocenters. The minimum absolute atomic E-state index is 0.117. The second-order valence-corrected chi connectivity index (χ2v) is 9.77. The first-order chi connectivity index (χ1) is 20.0. The highest BCUT2D eigenvalue weighted by Gasteiger charge is 2.17. The van der Waals surface area contributed by atoms with Crippen molar-refractivity contribution in [2.75, 3.05) is 38.8 Å². The summed E-state index contributed by atoms with van der Waals surface area (Å²) in [5, 5.41) is 5.37. The zero-order chi connectivity index (χ0) is 30.3. The van der Waals surface area contributed by atoms with Gasteiger partial charge in [0.25, 0.3) is 5.91 Å². The summed E-state index contributed by atoms with van der Waals surface area (Å²) in [4.78, 5) is 32.7. The number of amides is 2. The summed E-state index contributed by atoms with van der Waals surface area (Å²) in [5.41, 5.74) is 2.37. The molecule has 1 aromatic carbocycles. The van der Waals surface area contributed by atoms with Crippen molar-refractivity contribution in [3.63, 3.8) is 0 Å². The maximum atomic E-state index is 12.4. The number of aryl methyl sites for hydroxylation is 1. The molecule has 1 heterocycles. The van der Waals surface area contributed by atoms with Crippen molar-refractivity contribution in [3.8, 4) is 11.8 Å². The van der Waals surface area contributed by atoms with Crippen LogP contribution < -0.4 is 15.5 Å². The topological polar surface area (TPSA) is 96.5 Å². The number of methoxy groups -OCH3 is 1. The van der Waals surface area contributed by atoms with Gasteiger partial charge in [0.15, 0.2) is 0 Å². The van der Waals surface area contributed by atoms with E-state index < -0.39 is 0 Å². The summed E-state index contributed by atoms with van der Waals surface area (Å²) in [6.45, 7) is 10.3. The number of ether oxygens (including phenoxy) is 1. The molecule has 0 saturated heterocycles. The van der Waals surface area contributed by atoms with Gasteiger partial charge in [-0.15, -0.1) is 0 Å². The van der Waals surface area contributed by atoms with Gasteiger partial charge in [0.1, 0.15) is 11.6 Å². The van der Waals surface area contributed by atoms with E-state index in [1.807, 2.05) is 63.1 Å². The molecule has 2 fully saturated rings. The van der Waals surface area contributed by atoms with Crippen LogP contribution in [0.4, 0.5) is 5.82 Å². The van der Waals surface area contributed by atoms with Crippen LogP contribution in [0.15, 0.2) is 30.3 Å². The van der Waals surface area contributed by atoms with Crippen molar-refractivity contribution in [1.29, 1.82) is 0 Å². The van der Waals surface area contributed by atoms with Crippen molar-refractivity contribution in [2.45, 2.75) is 85.6 Å². The first kappa shape index (κ1) is 35.6. The van der Waals surface area contributed by atoms with Crippen LogP contribution in [-0.2, 0) is 16.1 Å². The Morgan fingerprint density at radius 2 is 1.68 bits per heavy atom. The van der Waals surface area contributed by atoms with Gasteiger partial charge in [-0.2, -0.15) is 0 Å². The molecular weight excluding hydrogens is 514 g/mol. The lowest BCUT2D eigenvalue weighted by molar-refractivity contribution is -0.109. The Kier molecular flexibility index (Phi) is 19.3. The molecule has 8 nitrogen and oxygen atoms in total. The average molecular weight is 566 g/mol. The predicted octanol–water partition coefficient (Wildman–Crippen LogP) is 5.68. The van der Waals surface area contributed by atoms with Gasteiger partial charge in [-0.25, -0.2) is 9.97 Å². The highest BCUT2D eigenvalue weighted by molar-refractivity contribution is 5.94. The quantitative estimate of drug-likeness (QED) is 0.231. The molecule has 0 atom stereocenters. The van der Waals surface area contributed by atoms with Crippen LogP contribution in [0.3, 0.4) is 0 Å². The minimum Gasteiger partial charge on any atom is -0.383 e. The number of hydrogen-bond donors (Lipinski definition) is 2. The molecule has 4 rings (SSSR count). The number of carbonyl (C=O) groups excluding carboxylic acids is 2. The Morgan fingerprint density at radius 1 is 1.07 bits per heavy atom. The maximum absolute atomic E-state index is 12.4. The van der Waals surface area contributed by atoms with E-state index in [4.69, 9.17) is 0 Å². The largest absolute Gasteiger partial charge is 0.383 e. The number of nitrogens with zero attached hydrogens (tertiary/aromatic N) is 3. The average Bonchev–Trinajstić information content (AvgIpc) is 3.86. The normalized spacial score (nSPS) is 13.2. The van der Waals surface area contributed by atoms with Gasteiger partial charge in [-0.05, 0) is 51.0 Å². The van der Waals surface area contributed by atoms with Gasteiger partial charge in [0.2, 0.25) is 6.41 Å². The van der Waals surface area contributed by atoms with Crippen molar-refractivity contribution >= 4 is 18.1 Å². The van der Waals surface area contributed by atoms with E-state index in [1.54, 1.807) is 7.11 Å². The first-order valence-corrected chi connectivity index (χ1v) is 15.1. The van der Waals surface area contributed by atoms with Crippen LogP contribution in [0.25, 0.3) is 0 Å². The SMILES string of the molecule is C1CCCCC1.CC.CCN(C)c1cc(CNC(=O)c2ccc(C#CC3CC3)cc2)nc(C)n1.COCCNC=O. The lowest BCUT2D eigenvalue weighted by Gasteiger charge is -2.16. The molecule has 226 valence electrons. The van der Waals surface area contributed by atoms with E-state index in [2.05, 4.69) is 44.1 Å². The number of anilines is 1. The molecule has 0 radical (unpaired) electrons. The van der Waals surface area contributed by atoms with E-state index in [0.717, 1.165) is 23.6 Å². The van der Waals surface area contributed by atoms with E-state index >= 15 is 0 Å². The number of hydrogen-bond acceptors (Lipinski definition) is 6. The van der Waals surface area contributed by atoms with Crippen LogP contribution in [-0.4, -0.2) is 56.1 Å². The van der Waals surface area contributed by atoms with Gasteiger partial charge >= 0.3 is 0 Å². The minimum atomic E-state index is -0.117. The van der Waals surface area contributed by atoms with E-state index in [1.165, 1.54) is 51.4 Å². The van der Waals surface area contributed by atoms with Crippen LogP contribution in [0.2, 0.25) is 0 Å². The molecule has 8 heteroatoms. The second-order valence-electron chi connectivity index (χ2n) is 9.77. The van der Waals surface area contributed by atoms with Crippen LogP contribution >= 0.6 is 0 Å². The molecule has 2 aliphatic carbocycles. The molecular formula is C33H51N5O3. The molecule has 41 heavy (non-hydrogen) atoms. The monoisotopic (exact) mass is 565 g/mol. The van der Waals surface area contributed by atoms with Crippen molar-refractivity contribution in [3.05, 3.63) is 53.0 Å². The molecule has 0 aliphatic heterocycles. The number of rotatable bonds is 9. The van der Waals surface area contributed by atoms with Gasteiger partial charge < -0.3 is 20.3 Å². The molecule has 0 spiro atoms. The second kappa shape index (κ2) is 22.3. The molecule has 2 amide bonds. The van der Waals surface area contributed by atoms with Crippen molar-refractivity contribution in [1.82, 2.24) is 20.6 Å². The summed E-state index contributed by atoms with van der Waals surface area (Å²) in [5.74, 6) is 8.40. The lowest BCUT2D eigenvalue weighted by atomic mass is 10.0. The van der Waals surface area contributed by atoms with Crippen molar-refractivity contribution in [2.24, 2.45) is 5.92 Å². The Morgan fingerprint density at radius 3 is 2.20 bits per heavy atom. The van der Waals surface area contributed by atoms with Gasteiger partial charge in [-0.1, -0.05) is 64.2 Å². The molecule has 2 aliphatic rings. The summed E-state index contributed by atoms with van der Waals surface area (Å²) in [6, 6.07) is 9.33. The van der Waals surface area contributed by atoms with Crippen LogP contribution in [0, 0.1) is 24.7 Å². The van der Waals surface area contributed by atoms with Crippen molar-refractivity contribution < 1.29 is 14.3 Å². The number of nitrogens with one attached hydrogen (secondary N) is 2. The predicted molar refractivity (Wildman–Crippen MR) is 168 cm³/mol. The summed E-state index contributed by atoms with van der Waals surface area (Å²) in [7, 11) is 3.57. The van der Waals surface area contributed by atoms with E-state index in [-0.39, 0.29) is 5.91 Å². The Labute approximate surface area is 248 Å². The molecule has 0 bridgehead atoms. The highest BCUT2D eigenvalue weighted by Crippen LogP contribution is 2.27. The number of carbonyl (C=O) groups is 2. The third-order valence-corrected chi connectivity index (χ3v) is 6.35. The standard InChI is InChI=1S/C21H24N4O.C6H12.C4H9NO2.C2H6/c1-4-25(3)20-13-19(23-15(2)24-20)14-22-21(26)18-11-9-17(10-12-18)8-7-16-5-6-16;1-2-4-6-5-3-1;1-7-3-2-5-4-6;1-2/h9-13,16H,4-6,14H2,1-3H3,(H,22,26);1-6H2;4H,2-3H2,1H3,(H,5,6);1-2H3. The lowest BCUT2D eigenvalue weighted by Crippen LogP contribution is -2.24. The molecule has 1 aromatic heterocycles. The third kappa shape index (κ3) is 16.4. The summed E-state index contributed by atoms with van der Waals surface area (Å²) < 4.78 is 4.62. The molecule has 2 aromatic rings.